The van der Waals surface area contributed by atoms with Crippen LogP contribution < -0.4 is 0 Å². The SMILES string of the molecule is COC(=O)C(=[N+]=[N-])c1ccc(S(=O)(=O)N2CCOCC2)cc1. The van der Waals surface area contributed by atoms with E-state index < -0.39 is 16.0 Å². The predicted molar refractivity (Wildman–Crippen MR) is 75.8 cm³/mol. The molecule has 0 radical (unpaired) electrons. The molecule has 0 unspecified atom stereocenters. The van der Waals surface area contributed by atoms with E-state index in [1.54, 1.807) is 0 Å². The lowest BCUT2D eigenvalue weighted by molar-refractivity contribution is -0.137. The molecule has 1 fully saturated rings. The van der Waals surface area contributed by atoms with Crippen LogP contribution in [0.15, 0.2) is 29.2 Å². The third-order valence-corrected chi connectivity index (χ3v) is 5.13. The summed E-state index contributed by atoms with van der Waals surface area (Å²) in [5, 5.41) is 0. The van der Waals surface area contributed by atoms with Gasteiger partial charge in [-0.1, -0.05) is 0 Å². The van der Waals surface area contributed by atoms with Crippen molar-refractivity contribution in [1.29, 1.82) is 0 Å². The first-order valence-electron chi connectivity index (χ1n) is 6.49. The summed E-state index contributed by atoms with van der Waals surface area (Å²) in [6, 6.07) is 5.49. The van der Waals surface area contributed by atoms with Crippen LogP contribution in [0.2, 0.25) is 0 Å². The number of carbonyl (C=O) groups excluding carboxylic acids is 1. The van der Waals surface area contributed by atoms with E-state index in [1.807, 2.05) is 0 Å². The fourth-order valence-electron chi connectivity index (χ4n) is 2.03. The number of carbonyl (C=O) groups is 1. The summed E-state index contributed by atoms with van der Waals surface area (Å²) < 4.78 is 35.8. The van der Waals surface area contributed by atoms with Crippen LogP contribution in [0.5, 0.6) is 0 Å². The first-order chi connectivity index (χ1) is 10.5. The van der Waals surface area contributed by atoms with Gasteiger partial charge in [0, 0.05) is 13.1 Å². The van der Waals surface area contributed by atoms with E-state index >= 15 is 0 Å². The van der Waals surface area contributed by atoms with Gasteiger partial charge < -0.3 is 15.0 Å². The molecule has 1 aromatic rings. The number of sulfonamides is 1. The van der Waals surface area contributed by atoms with Gasteiger partial charge in [0.15, 0.2) is 0 Å². The second-order valence-electron chi connectivity index (χ2n) is 4.48. The molecule has 0 amide bonds. The van der Waals surface area contributed by atoms with Gasteiger partial charge in [0.2, 0.25) is 10.0 Å². The maximum atomic E-state index is 12.4. The Hall–Kier alpha value is -2.06. The van der Waals surface area contributed by atoms with Gasteiger partial charge in [-0.3, -0.25) is 0 Å². The molecule has 8 nitrogen and oxygen atoms in total. The summed E-state index contributed by atoms with van der Waals surface area (Å²) in [6.07, 6.45) is 0. The molecule has 1 saturated heterocycles. The van der Waals surface area contributed by atoms with Crippen molar-refractivity contribution in [3.05, 3.63) is 35.4 Å². The van der Waals surface area contributed by atoms with Crippen LogP contribution in [-0.4, -0.2) is 62.6 Å². The van der Waals surface area contributed by atoms with E-state index in [-0.39, 0.29) is 16.2 Å². The predicted octanol–water partition coefficient (Wildman–Crippen LogP) is -0.101. The Labute approximate surface area is 127 Å². The summed E-state index contributed by atoms with van der Waals surface area (Å²) in [4.78, 5) is 14.4. The molecule has 1 aromatic carbocycles. The van der Waals surface area contributed by atoms with E-state index in [0.29, 0.717) is 26.3 Å². The molecule has 0 aliphatic carbocycles. The molecule has 0 N–H and O–H groups in total. The summed E-state index contributed by atoms with van der Waals surface area (Å²) in [5.74, 6) is -0.814. The summed E-state index contributed by atoms with van der Waals surface area (Å²) >= 11 is 0. The zero-order chi connectivity index (χ0) is 16.2. The first kappa shape index (κ1) is 16.3. The second kappa shape index (κ2) is 6.80. The van der Waals surface area contributed by atoms with E-state index in [9.17, 15) is 13.2 Å². The Bertz CT molecular complexity index is 702. The maximum Gasteiger partial charge on any atom is 0.422 e. The van der Waals surface area contributed by atoms with Crippen molar-refractivity contribution in [2.75, 3.05) is 33.4 Å². The molecule has 0 bridgehead atoms. The van der Waals surface area contributed by atoms with Gasteiger partial charge in [-0.15, -0.1) is 0 Å². The lowest BCUT2D eigenvalue weighted by atomic mass is 10.1. The normalized spacial score (nSPS) is 15.9. The van der Waals surface area contributed by atoms with E-state index in [0.717, 1.165) is 7.11 Å². The van der Waals surface area contributed by atoms with Gasteiger partial charge in [-0.2, -0.15) is 9.10 Å². The molecule has 22 heavy (non-hydrogen) atoms. The highest BCUT2D eigenvalue weighted by Gasteiger charge is 2.28. The van der Waals surface area contributed by atoms with Crippen molar-refractivity contribution in [3.63, 3.8) is 0 Å². The van der Waals surface area contributed by atoms with Crippen LogP contribution >= 0.6 is 0 Å². The quantitative estimate of drug-likeness (QED) is 0.332. The van der Waals surface area contributed by atoms with Gasteiger partial charge in [0.1, 0.15) is 0 Å². The van der Waals surface area contributed by atoms with Crippen LogP contribution in [0.25, 0.3) is 5.53 Å². The van der Waals surface area contributed by atoms with Gasteiger partial charge in [-0.25, -0.2) is 13.2 Å². The molecule has 0 saturated carbocycles. The highest BCUT2D eigenvalue weighted by atomic mass is 32.2. The van der Waals surface area contributed by atoms with Crippen LogP contribution in [0.3, 0.4) is 0 Å². The standard InChI is InChI=1S/C13H15N3O5S/c1-20-13(17)12(15-14)10-2-4-11(5-3-10)22(18,19)16-6-8-21-9-7-16/h2-5H,6-9H2,1H3. The smallest absolute Gasteiger partial charge is 0.422 e. The minimum Gasteiger partial charge on any atom is -0.460 e. The third-order valence-electron chi connectivity index (χ3n) is 3.21. The third kappa shape index (κ3) is 3.23. The van der Waals surface area contributed by atoms with Crippen molar-refractivity contribution < 1.29 is 27.5 Å². The second-order valence-corrected chi connectivity index (χ2v) is 6.42. The largest absolute Gasteiger partial charge is 0.460 e. The van der Waals surface area contributed by atoms with Gasteiger partial charge >= 0.3 is 11.7 Å². The van der Waals surface area contributed by atoms with Crippen LogP contribution in [-0.2, 0) is 24.3 Å². The number of benzene rings is 1. The van der Waals surface area contributed by atoms with E-state index in [4.69, 9.17) is 10.3 Å². The average molecular weight is 325 g/mol. The molecule has 1 aliphatic heterocycles. The number of methoxy groups -OCH3 is 1. The Morgan fingerprint density at radius 2 is 1.86 bits per heavy atom. The highest BCUT2D eigenvalue weighted by Crippen LogP contribution is 2.18. The van der Waals surface area contributed by atoms with Crippen molar-refractivity contribution in [1.82, 2.24) is 4.31 Å². The van der Waals surface area contributed by atoms with Crippen LogP contribution in [0.1, 0.15) is 5.56 Å². The topological polar surface area (TPSA) is 109 Å². The summed E-state index contributed by atoms with van der Waals surface area (Å²) in [6.45, 7) is 1.33. The minimum atomic E-state index is -3.60. The number of rotatable bonds is 4. The van der Waals surface area contributed by atoms with E-state index in [2.05, 4.69) is 9.53 Å². The van der Waals surface area contributed by atoms with Gasteiger partial charge in [0.05, 0.1) is 30.8 Å². The fourth-order valence-corrected chi connectivity index (χ4v) is 3.44. The average Bonchev–Trinajstić information content (AvgIpc) is 2.56. The molecular formula is C13H15N3O5S. The Kier molecular flexibility index (Phi) is 5.04. The van der Waals surface area contributed by atoms with E-state index in [1.165, 1.54) is 28.6 Å². The zero-order valence-electron chi connectivity index (χ0n) is 11.9. The molecule has 9 heteroatoms. The summed E-state index contributed by atoms with van der Waals surface area (Å²) in [7, 11) is -2.44. The van der Waals surface area contributed by atoms with Crippen molar-refractivity contribution in [3.8, 4) is 0 Å². The molecule has 1 heterocycles. The molecule has 0 aromatic heterocycles. The van der Waals surface area contributed by atoms with Crippen molar-refractivity contribution in [2.45, 2.75) is 4.90 Å². The van der Waals surface area contributed by atoms with Gasteiger partial charge in [0.25, 0.3) is 0 Å². The lowest BCUT2D eigenvalue weighted by Gasteiger charge is -2.26. The fraction of sp³-hybridized carbons (Fsp3) is 0.385. The molecule has 0 spiro atoms. The minimum absolute atomic E-state index is 0.0975. The Morgan fingerprint density at radius 1 is 1.27 bits per heavy atom. The summed E-state index contributed by atoms with van der Waals surface area (Å²) in [5.41, 5.74) is 8.83. The molecule has 2 rings (SSSR count). The monoisotopic (exact) mass is 325 g/mol. The number of hydrogen-bond acceptors (Lipinski definition) is 5. The number of morpholine rings is 1. The number of nitrogens with zero attached hydrogens (tertiary/aromatic N) is 3. The Morgan fingerprint density at radius 3 is 2.36 bits per heavy atom. The first-order valence-corrected chi connectivity index (χ1v) is 7.93. The van der Waals surface area contributed by atoms with Gasteiger partial charge in [-0.05, 0) is 24.3 Å². The molecule has 118 valence electrons. The maximum absolute atomic E-state index is 12.4. The molecule has 0 atom stereocenters. The zero-order valence-corrected chi connectivity index (χ0v) is 12.7. The van der Waals surface area contributed by atoms with Crippen LogP contribution in [0.4, 0.5) is 0 Å². The lowest BCUT2D eigenvalue weighted by Crippen LogP contribution is -2.40. The van der Waals surface area contributed by atoms with Crippen LogP contribution in [0, 0.1) is 0 Å². The number of ether oxygens (including phenoxy) is 2. The number of hydrogen-bond donors (Lipinski definition) is 0. The number of esters is 1. The Balaban J connectivity index is 2.28. The highest BCUT2D eigenvalue weighted by molar-refractivity contribution is 7.89. The van der Waals surface area contributed by atoms with Crippen molar-refractivity contribution in [2.24, 2.45) is 0 Å². The van der Waals surface area contributed by atoms with Crippen molar-refractivity contribution >= 4 is 21.7 Å². The molecular weight excluding hydrogens is 310 g/mol. The molecule has 1 aliphatic rings.